The smallest absolute Gasteiger partial charge is 0.132 e. The van der Waals surface area contributed by atoms with Gasteiger partial charge in [-0.3, -0.25) is 0 Å². The number of benzene rings is 1. The molecule has 0 bridgehead atoms. The van der Waals surface area contributed by atoms with E-state index < -0.39 is 0 Å². The van der Waals surface area contributed by atoms with Crippen LogP contribution in [0.15, 0.2) is 30.5 Å². The molecule has 1 aromatic carbocycles. The number of fused-ring (bicyclic) bond motifs is 1. The summed E-state index contributed by atoms with van der Waals surface area (Å²) in [5.74, 6) is -0.140. The zero-order valence-corrected chi connectivity index (χ0v) is 9.73. The lowest BCUT2D eigenvalue weighted by Gasteiger charge is -2.10. The second kappa shape index (κ2) is 4.49. The normalized spacial score (nSPS) is 20.2. The van der Waals surface area contributed by atoms with Crippen LogP contribution in [0, 0.1) is 5.82 Å². The van der Waals surface area contributed by atoms with Crippen molar-refractivity contribution in [3.8, 4) is 0 Å². The van der Waals surface area contributed by atoms with Crippen LogP contribution < -0.4 is 0 Å². The highest BCUT2D eigenvalue weighted by atomic mass is 19.1. The van der Waals surface area contributed by atoms with E-state index in [1.165, 1.54) is 12.5 Å². The summed E-state index contributed by atoms with van der Waals surface area (Å²) in [4.78, 5) is 0. The van der Waals surface area contributed by atoms with Crippen molar-refractivity contribution in [2.24, 2.45) is 0 Å². The van der Waals surface area contributed by atoms with Crippen LogP contribution in [0.5, 0.6) is 0 Å². The number of ether oxygens (including phenoxy) is 1. The van der Waals surface area contributed by atoms with Crippen molar-refractivity contribution in [3.63, 3.8) is 0 Å². The molecule has 2 nitrogen and oxygen atoms in total. The Kier molecular flexibility index (Phi) is 2.85. The Morgan fingerprint density at radius 1 is 1.35 bits per heavy atom. The molecule has 1 unspecified atom stereocenters. The highest BCUT2D eigenvalue weighted by Gasteiger charge is 2.15. The van der Waals surface area contributed by atoms with Crippen LogP contribution in [-0.4, -0.2) is 17.3 Å². The first-order valence-corrected chi connectivity index (χ1v) is 6.19. The van der Waals surface area contributed by atoms with Gasteiger partial charge < -0.3 is 9.30 Å². The fourth-order valence-electron chi connectivity index (χ4n) is 2.54. The second-order valence-corrected chi connectivity index (χ2v) is 4.61. The number of aromatic nitrogens is 1. The van der Waals surface area contributed by atoms with E-state index in [-0.39, 0.29) is 5.82 Å². The quantitative estimate of drug-likeness (QED) is 0.793. The van der Waals surface area contributed by atoms with Crippen LogP contribution in [-0.2, 0) is 11.3 Å². The average molecular weight is 233 g/mol. The molecule has 0 aliphatic carbocycles. The number of hydrogen-bond acceptors (Lipinski definition) is 1. The molecule has 0 N–H and O–H groups in total. The van der Waals surface area contributed by atoms with Gasteiger partial charge in [0.15, 0.2) is 0 Å². The van der Waals surface area contributed by atoms with Crippen molar-refractivity contribution in [2.45, 2.75) is 31.9 Å². The summed E-state index contributed by atoms with van der Waals surface area (Å²) in [6, 6.07) is 7.08. The molecule has 0 radical (unpaired) electrons. The third-order valence-corrected chi connectivity index (χ3v) is 3.48. The van der Waals surface area contributed by atoms with Gasteiger partial charge in [0.25, 0.3) is 0 Å². The van der Waals surface area contributed by atoms with Gasteiger partial charge >= 0.3 is 0 Å². The Labute approximate surface area is 100.0 Å². The zero-order chi connectivity index (χ0) is 11.7. The van der Waals surface area contributed by atoms with E-state index in [9.17, 15) is 4.39 Å². The van der Waals surface area contributed by atoms with Crippen LogP contribution in [0.2, 0.25) is 0 Å². The van der Waals surface area contributed by atoms with Crippen LogP contribution in [0.1, 0.15) is 19.3 Å². The molecule has 3 rings (SSSR count). The summed E-state index contributed by atoms with van der Waals surface area (Å²) in [5, 5.41) is 0.708. The summed E-state index contributed by atoms with van der Waals surface area (Å²) in [5.41, 5.74) is 0.975. The lowest BCUT2D eigenvalue weighted by Crippen LogP contribution is -2.09. The predicted molar refractivity (Wildman–Crippen MR) is 65.5 cm³/mol. The minimum Gasteiger partial charge on any atom is -0.378 e. The Hall–Kier alpha value is -1.35. The maximum absolute atomic E-state index is 13.5. The standard InChI is InChI=1S/C14H16FNO/c15-13-4-1-5-14-12(13)7-9-16(14)8-6-11-3-2-10-17-11/h1,4-5,7,9,11H,2-3,6,8,10H2. The lowest BCUT2D eigenvalue weighted by atomic mass is 10.2. The fraction of sp³-hybridized carbons (Fsp3) is 0.429. The fourth-order valence-corrected chi connectivity index (χ4v) is 2.54. The number of hydrogen-bond donors (Lipinski definition) is 0. The minimum absolute atomic E-state index is 0.140. The zero-order valence-electron chi connectivity index (χ0n) is 9.73. The first kappa shape index (κ1) is 10.8. The molecule has 1 fully saturated rings. The van der Waals surface area contributed by atoms with E-state index >= 15 is 0 Å². The Morgan fingerprint density at radius 2 is 2.29 bits per heavy atom. The minimum atomic E-state index is -0.140. The van der Waals surface area contributed by atoms with Crippen LogP contribution >= 0.6 is 0 Å². The van der Waals surface area contributed by atoms with Gasteiger partial charge in [-0.05, 0) is 37.5 Å². The van der Waals surface area contributed by atoms with Gasteiger partial charge in [0.2, 0.25) is 0 Å². The van der Waals surface area contributed by atoms with Crippen molar-refractivity contribution in [3.05, 3.63) is 36.3 Å². The monoisotopic (exact) mass is 233 g/mol. The van der Waals surface area contributed by atoms with Crippen LogP contribution in [0.3, 0.4) is 0 Å². The van der Waals surface area contributed by atoms with Crippen LogP contribution in [0.4, 0.5) is 4.39 Å². The summed E-state index contributed by atoms with van der Waals surface area (Å²) in [7, 11) is 0. The van der Waals surface area contributed by atoms with Gasteiger partial charge in [0.05, 0.1) is 11.6 Å². The molecule has 90 valence electrons. The molecule has 1 atom stereocenters. The SMILES string of the molecule is Fc1cccc2c1ccn2CCC1CCCO1. The highest BCUT2D eigenvalue weighted by Crippen LogP contribution is 2.21. The number of halogens is 1. The molecule has 1 aliphatic heterocycles. The number of nitrogens with zero attached hydrogens (tertiary/aromatic N) is 1. The summed E-state index contributed by atoms with van der Waals surface area (Å²) >= 11 is 0. The van der Waals surface area contributed by atoms with Crippen molar-refractivity contribution in [1.82, 2.24) is 4.57 Å². The average Bonchev–Trinajstić information content (AvgIpc) is 2.95. The Morgan fingerprint density at radius 3 is 3.12 bits per heavy atom. The Bertz CT molecular complexity index is 514. The number of rotatable bonds is 3. The predicted octanol–water partition coefficient (Wildman–Crippen LogP) is 3.35. The van der Waals surface area contributed by atoms with Gasteiger partial charge in [-0.15, -0.1) is 0 Å². The maximum Gasteiger partial charge on any atom is 0.132 e. The molecule has 17 heavy (non-hydrogen) atoms. The molecule has 1 aromatic heterocycles. The van der Waals surface area contributed by atoms with E-state index in [1.54, 1.807) is 6.07 Å². The van der Waals surface area contributed by atoms with Crippen LogP contribution in [0.25, 0.3) is 10.9 Å². The number of aryl methyl sites for hydroxylation is 1. The van der Waals surface area contributed by atoms with E-state index in [0.29, 0.717) is 11.5 Å². The molecule has 0 spiro atoms. The van der Waals surface area contributed by atoms with Crippen molar-refractivity contribution in [1.29, 1.82) is 0 Å². The van der Waals surface area contributed by atoms with E-state index in [2.05, 4.69) is 4.57 Å². The van der Waals surface area contributed by atoms with Crippen molar-refractivity contribution in [2.75, 3.05) is 6.61 Å². The van der Waals surface area contributed by atoms with Gasteiger partial charge in [-0.1, -0.05) is 6.07 Å². The molecule has 0 amide bonds. The van der Waals surface area contributed by atoms with Gasteiger partial charge in [-0.2, -0.15) is 0 Å². The van der Waals surface area contributed by atoms with Crippen molar-refractivity contribution >= 4 is 10.9 Å². The summed E-state index contributed by atoms with van der Waals surface area (Å²) < 4.78 is 21.2. The summed E-state index contributed by atoms with van der Waals surface area (Å²) in [6.07, 6.45) is 5.70. The lowest BCUT2D eigenvalue weighted by molar-refractivity contribution is 0.101. The third-order valence-electron chi connectivity index (χ3n) is 3.48. The molecule has 1 saturated heterocycles. The molecule has 1 aliphatic rings. The molecule has 2 heterocycles. The topological polar surface area (TPSA) is 14.2 Å². The Balaban J connectivity index is 1.78. The maximum atomic E-state index is 13.5. The second-order valence-electron chi connectivity index (χ2n) is 4.61. The van der Waals surface area contributed by atoms with E-state index in [4.69, 9.17) is 4.74 Å². The van der Waals surface area contributed by atoms with E-state index in [0.717, 1.165) is 31.5 Å². The summed E-state index contributed by atoms with van der Waals surface area (Å²) in [6.45, 7) is 1.79. The molecule has 0 saturated carbocycles. The van der Waals surface area contributed by atoms with Gasteiger partial charge in [0.1, 0.15) is 5.82 Å². The highest BCUT2D eigenvalue weighted by molar-refractivity contribution is 5.80. The van der Waals surface area contributed by atoms with E-state index in [1.807, 2.05) is 18.3 Å². The van der Waals surface area contributed by atoms with Gasteiger partial charge in [-0.25, -0.2) is 4.39 Å². The molecular weight excluding hydrogens is 217 g/mol. The molecule has 2 aromatic rings. The largest absolute Gasteiger partial charge is 0.378 e. The first-order valence-electron chi connectivity index (χ1n) is 6.19. The third kappa shape index (κ3) is 2.07. The molecule has 3 heteroatoms. The van der Waals surface area contributed by atoms with Gasteiger partial charge in [0, 0.05) is 24.7 Å². The first-order chi connectivity index (χ1) is 8.34. The molecular formula is C14H16FNO. The van der Waals surface area contributed by atoms with Crippen molar-refractivity contribution < 1.29 is 9.13 Å².